The average Bonchev–Trinajstić information content (AvgIpc) is 2.62. The summed E-state index contributed by atoms with van der Waals surface area (Å²) in [5.41, 5.74) is 2.04. The molecule has 2 aromatic rings. The van der Waals surface area contributed by atoms with Crippen molar-refractivity contribution < 1.29 is 9.90 Å². The second-order valence-corrected chi connectivity index (χ2v) is 3.39. The molecule has 2 rings (SSSR count). The zero-order valence-electron chi connectivity index (χ0n) is 8.88. The zero-order chi connectivity index (χ0) is 11.7. The Bertz CT molecular complexity index is 530. The molecule has 0 bridgehead atoms. The van der Waals surface area contributed by atoms with E-state index in [0.717, 1.165) is 5.69 Å². The molecule has 0 atom stereocenters. The van der Waals surface area contributed by atoms with Crippen molar-refractivity contribution in [3.63, 3.8) is 0 Å². The highest BCUT2D eigenvalue weighted by Crippen LogP contribution is 2.16. The number of rotatable bonds is 2. The first-order chi connectivity index (χ1) is 7.58. The van der Waals surface area contributed by atoms with E-state index in [-0.39, 0.29) is 5.69 Å². The summed E-state index contributed by atoms with van der Waals surface area (Å²) in [7, 11) is 1.67. The molecule has 0 unspecified atom stereocenters. The quantitative estimate of drug-likeness (QED) is 0.809. The van der Waals surface area contributed by atoms with Crippen LogP contribution in [0.15, 0.2) is 18.5 Å². The van der Waals surface area contributed by atoms with Gasteiger partial charge in [-0.3, -0.25) is 14.6 Å². The third-order valence-corrected chi connectivity index (χ3v) is 2.14. The fourth-order valence-electron chi connectivity index (χ4n) is 1.34. The standard InChI is InChI=1S/C10H10N4O2/c1-6-4-12-8(5-11-6)9-3-7(10(15)16)13-14(9)2/h3-5H,1-2H3,(H,15,16). The van der Waals surface area contributed by atoms with Gasteiger partial charge in [0.1, 0.15) is 5.69 Å². The van der Waals surface area contributed by atoms with E-state index in [2.05, 4.69) is 15.1 Å². The van der Waals surface area contributed by atoms with Gasteiger partial charge in [-0.1, -0.05) is 0 Å². The highest BCUT2D eigenvalue weighted by atomic mass is 16.4. The van der Waals surface area contributed by atoms with Crippen molar-refractivity contribution in [3.8, 4) is 11.4 Å². The fourth-order valence-corrected chi connectivity index (χ4v) is 1.34. The van der Waals surface area contributed by atoms with Crippen molar-refractivity contribution in [2.45, 2.75) is 6.92 Å². The van der Waals surface area contributed by atoms with Crippen molar-refractivity contribution in [3.05, 3.63) is 29.8 Å². The second-order valence-electron chi connectivity index (χ2n) is 3.39. The van der Waals surface area contributed by atoms with Gasteiger partial charge >= 0.3 is 5.97 Å². The predicted molar refractivity (Wildman–Crippen MR) is 55.9 cm³/mol. The van der Waals surface area contributed by atoms with Crippen LogP contribution in [0.2, 0.25) is 0 Å². The summed E-state index contributed by atoms with van der Waals surface area (Å²) in [4.78, 5) is 19.0. The molecular formula is C10H10N4O2. The molecule has 0 fully saturated rings. The summed E-state index contributed by atoms with van der Waals surface area (Å²) in [6.07, 6.45) is 3.22. The van der Waals surface area contributed by atoms with E-state index in [9.17, 15) is 4.79 Å². The van der Waals surface area contributed by atoms with E-state index in [1.807, 2.05) is 6.92 Å². The number of aryl methyl sites for hydroxylation is 2. The summed E-state index contributed by atoms with van der Waals surface area (Å²) in [5.74, 6) is -1.05. The number of hydrogen-bond acceptors (Lipinski definition) is 4. The lowest BCUT2D eigenvalue weighted by molar-refractivity contribution is 0.0689. The number of hydrogen-bond donors (Lipinski definition) is 1. The minimum absolute atomic E-state index is 0.000116. The normalized spacial score (nSPS) is 10.4. The number of aromatic carboxylic acids is 1. The summed E-state index contributed by atoms with van der Waals surface area (Å²) >= 11 is 0. The first-order valence-electron chi connectivity index (χ1n) is 4.64. The summed E-state index contributed by atoms with van der Waals surface area (Å²) in [6.45, 7) is 1.84. The van der Waals surface area contributed by atoms with Gasteiger partial charge in [-0.25, -0.2) is 4.79 Å². The van der Waals surface area contributed by atoms with Gasteiger partial charge in [0.15, 0.2) is 5.69 Å². The molecule has 2 aromatic heterocycles. The molecule has 0 saturated carbocycles. The van der Waals surface area contributed by atoms with E-state index in [1.165, 1.54) is 10.7 Å². The third-order valence-electron chi connectivity index (χ3n) is 2.14. The Morgan fingerprint density at radius 1 is 1.38 bits per heavy atom. The van der Waals surface area contributed by atoms with Crippen LogP contribution in [0.4, 0.5) is 0 Å². The molecule has 0 aliphatic rings. The highest BCUT2D eigenvalue weighted by Gasteiger charge is 2.13. The SMILES string of the molecule is Cc1cnc(-c2cc(C(=O)O)nn2C)cn1. The lowest BCUT2D eigenvalue weighted by Gasteiger charge is -1.99. The van der Waals surface area contributed by atoms with E-state index >= 15 is 0 Å². The first-order valence-corrected chi connectivity index (χ1v) is 4.64. The Morgan fingerprint density at radius 3 is 2.62 bits per heavy atom. The van der Waals surface area contributed by atoms with Crippen molar-refractivity contribution in [2.75, 3.05) is 0 Å². The van der Waals surface area contributed by atoms with Crippen LogP contribution in [0.25, 0.3) is 11.4 Å². The Morgan fingerprint density at radius 2 is 2.12 bits per heavy atom. The zero-order valence-corrected chi connectivity index (χ0v) is 8.88. The van der Waals surface area contributed by atoms with Gasteiger partial charge < -0.3 is 5.11 Å². The van der Waals surface area contributed by atoms with Crippen molar-refractivity contribution in [1.82, 2.24) is 19.7 Å². The van der Waals surface area contributed by atoms with Gasteiger partial charge in [0.25, 0.3) is 0 Å². The fraction of sp³-hybridized carbons (Fsp3) is 0.200. The molecule has 0 aliphatic heterocycles. The smallest absolute Gasteiger partial charge is 0.356 e. The Labute approximate surface area is 91.6 Å². The van der Waals surface area contributed by atoms with Crippen molar-refractivity contribution in [2.24, 2.45) is 7.05 Å². The van der Waals surface area contributed by atoms with Crippen LogP contribution in [0, 0.1) is 6.92 Å². The van der Waals surface area contributed by atoms with Crippen LogP contribution in [-0.4, -0.2) is 30.8 Å². The second kappa shape index (κ2) is 3.73. The lowest BCUT2D eigenvalue weighted by atomic mass is 10.3. The largest absolute Gasteiger partial charge is 0.476 e. The molecule has 16 heavy (non-hydrogen) atoms. The summed E-state index contributed by atoms with van der Waals surface area (Å²) in [6, 6.07) is 1.47. The summed E-state index contributed by atoms with van der Waals surface area (Å²) < 4.78 is 1.48. The maximum atomic E-state index is 10.7. The van der Waals surface area contributed by atoms with Crippen LogP contribution < -0.4 is 0 Å². The van der Waals surface area contributed by atoms with Gasteiger partial charge in [0, 0.05) is 19.3 Å². The predicted octanol–water partition coefficient (Wildman–Crippen LogP) is 0.884. The lowest BCUT2D eigenvalue weighted by Crippen LogP contribution is -1.99. The topological polar surface area (TPSA) is 80.9 Å². The van der Waals surface area contributed by atoms with Crippen LogP contribution in [0.1, 0.15) is 16.2 Å². The number of carboxylic acid groups (broad SMARTS) is 1. The van der Waals surface area contributed by atoms with Crippen LogP contribution in [-0.2, 0) is 7.05 Å². The van der Waals surface area contributed by atoms with Gasteiger partial charge in [-0.15, -0.1) is 0 Å². The molecule has 2 heterocycles. The maximum absolute atomic E-state index is 10.7. The molecule has 0 spiro atoms. The van der Waals surface area contributed by atoms with Crippen molar-refractivity contribution >= 4 is 5.97 Å². The monoisotopic (exact) mass is 218 g/mol. The third kappa shape index (κ3) is 1.77. The van der Waals surface area contributed by atoms with E-state index < -0.39 is 5.97 Å². The van der Waals surface area contributed by atoms with E-state index in [0.29, 0.717) is 11.4 Å². The molecule has 6 nitrogen and oxygen atoms in total. The van der Waals surface area contributed by atoms with E-state index in [4.69, 9.17) is 5.11 Å². The molecule has 0 aromatic carbocycles. The number of carboxylic acids is 1. The number of aromatic nitrogens is 4. The molecule has 0 aliphatic carbocycles. The van der Waals surface area contributed by atoms with Gasteiger partial charge in [0.2, 0.25) is 0 Å². The Kier molecular flexibility index (Phi) is 2.40. The molecule has 0 radical (unpaired) electrons. The summed E-state index contributed by atoms with van der Waals surface area (Å²) in [5, 5.41) is 12.7. The minimum atomic E-state index is -1.05. The van der Waals surface area contributed by atoms with Crippen LogP contribution >= 0.6 is 0 Å². The Balaban J connectivity index is 2.47. The molecule has 82 valence electrons. The van der Waals surface area contributed by atoms with Crippen LogP contribution in [0.5, 0.6) is 0 Å². The first kappa shape index (κ1) is 10.3. The van der Waals surface area contributed by atoms with Crippen molar-refractivity contribution in [1.29, 1.82) is 0 Å². The van der Waals surface area contributed by atoms with Crippen LogP contribution in [0.3, 0.4) is 0 Å². The minimum Gasteiger partial charge on any atom is -0.476 e. The molecule has 6 heteroatoms. The van der Waals surface area contributed by atoms with Gasteiger partial charge in [-0.05, 0) is 6.92 Å². The number of carbonyl (C=O) groups is 1. The highest BCUT2D eigenvalue weighted by molar-refractivity contribution is 5.86. The maximum Gasteiger partial charge on any atom is 0.356 e. The Hall–Kier alpha value is -2.24. The number of nitrogens with zero attached hydrogens (tertiary/aromatic N) is 4. The molecule has 1 N–H and O–H groups in total. The molecule has 0 saturated heterocycles. The van der Waals surface area contributed by atoms with E-state index in [1.54, 1.807) is 19.4 Å². The molecule has 0 amide bonds. The molecular weight excluding hydrogens is 208 g/mol. The van der Waals surface area contributed by atoms with Gasteiger partial charge in [0.05, 0.1) is 17.6 Å². The van der Waals surface area contributed by atoms with Gasteiger partial charge in [-0.2, -0.15) is 5.10 Å². The average molecular weight is 218 g/mol.